The molecule has 0 radical (unpaired) electrons. The van der Waals surface area contributed by atoms with E-state index in [1.54, 1.807) is 6.92 Å². The Hall–Kier alpha value is -5.82. The van der Waals surface area contributed by atoms with Crippen molar-refractivity contribution in [2.75, 3.05) is 16.6 Å². The molecule has 0 saturated heterocycles. The standard InChI is InChI=1S/C28H26F6N8O5/c1-2-39-24(43)13-9-20(18(35)11-41(37)22-14(25(44)45)5-3-7-16(22)27(29,30)31)40-21(10-13)19(36)12-42(38)23-15(26(46)47)6-4-8-17(23)28(32,33)34/h3-12H,2,35-38H2,1H3,(H,39,43)(H,44,45)(H,46,47)/b18-11-,19-12-. The van der Waals surface area contributed by atoms with Crippen LogP contribution in [0.1, 0.15) is 60.5 Å². The molecule has 1 aromatic heterocycles. The van der Waals surface area contributed by atoms with Gasteiger partial charge in [0.15, 0.2) is 0 Å². The molecule has 1 heterocycles. The van der Waals surface area contributed by atoms with Gasteiger partial charge in [-0.05, 0) is 43.3 Å². The Morgan fingerprint density at radius 3 is 1.49 bits per heavy atom. The summed E-state index contributed by atoms with van der Waals surface area (Å²) < 4.78 is 82.5. The van der Waals surface area contributed by atoms with Crippen LogP contribution in [0.5, 0.6) is 0 Å². The fraction of sp³-hybridized carbons (Fsp3) is 0.143. The van der Waals surface area contributed by atoms with Gasteiger partial charge >= 0.3 is 24.3 Å². The fourth-order valence-corrected chi connectivity index (χ4v) is 4.23. The molecule has 250 valence electrons. The van der Waals surface area contributed by atoms with E-state index in [-0.39, 0.29) is 23.5 Å². The number of para-hydroxylation sites is 2. The number of nitrogens with zero attached hydrogens (tertiary/aromatic N) is 3. The molecule has 47 heavy (non-hydrogen) atoms. The van der Waals surface area contributed by atoms with E-state index in [1.807, 2.05) is 0 Å². The van der Waals surface area contributed by atoms with Gasteiger partial charge < -0.3 is 27.0 Å². The number of hydrazine groups is 2. The number of anilines is 2. The molecule has 0 aliphatic rings. The molecule has 3 aromatic rings. The maximum absolute atomic E-state index is 13.7. The summed E-state index contributed by atoms with van der Waals surface area (Å²) in [6.45, 7) is 1.71. The number of rotatable bonds is 10. The summed E-state index contributed by atoms with van der Waals surface area (Å²) in [6.07, 6.45) is -8.69. The maximum Gasteiger partial charge on any atom is 0.418 e. The number of pyridine rings is 1. The molecule has 0 spiro atoms. The van der Waals surface area contributed by atoms with Crippen molar-refractivity contribution in [2.45, 2.75) is 19.3 Å². The Kier molecular flexibility index (Phi) is 10.4. The molecule has 2 aromatic carbocycles. The number of hydrogen-bond donors (Lipinski definition) is 7. The zero-order chi connectivity index (χ0) is 35.4. The zero-order valence-electron chi connectivity index (χ0n) is 24.0. The second-order valence-electron chi connectivity index (χ2n) is 9.48. The quantitative estimate of drug-likeness (QED) is 0.0935. The van der Waals surface area contributed by atoms with Gasteiger partial charge in [-0.2, -0.15) is 26.3 Å². The van der Waals surface area contributed by atoms with Gasteiger partial charge in [0.1, 0.15) is 0 Å². The minimum absolute atomic E-state index is 0.133. The average Bonchev–Trinajstić information content (AvgIpc) is 2.98. The molecule has 0 atom stereocenters. The van der Waals surface area contributed by atoms with Crippen LogP contribution in [-0.4, -0.2) is 39.6 Å². The second-order valence-corrected chi connectivity index (χ2v) is 9.48. The number of aromatic carboxylic acids is 2. The number of amides is 1. The molecule has 11 N–H and O–H groups in total. The van der Waals surface area contributed by atoms with E-state index in [1.165, 1.54) is 0 Å². The number of carbonyl (C=O) groups excluding carboxylic acids is 1. The van der Waals surface area contributed by atoms with Gasteiger partial charge in [0.25, 0.3) is 5.91 Å². The Balaban J connectivity index is 2.20. The number of benzene rings is 2. The summed E-state index contributed by atoms with van der Waals surface area (Å²) in [5, 5.41) is 22.0. The first-order valence-corrected chi connectivity index (χ1v) is 13.0. The van der Waals surface area contributed by atoms with Crippen LogP contribution in [0.4, 0.5) is 37.7 Å². The summed E-state index contributed by atoms with van der Waals surface area (Å²) in [5.41, 5.74) is 3.81. The smallest absolute Gasteiger partial charge is 0.418 e. The van der Waals surface area contributed by atoms with Gasteiger partial charge in [0, 0.05) is 24.5 Å². The molecule has 0 bridgehead atoms. The lowest BCUT2D eigenvalue weighted by Gasteiger charge is -2.23. The number of carbonyl (C=O) groups is 3. The molecule has 3 rings (SSSR count). The zero-order valence-corrected chi connectivity index (χ0v) is 24.0. The fourth-order valence-electron chi connectivity index (χ4n) is 4.23. The first-order chi connectivity index (χ1) is 21.8. The number of nitrogens with two attached hydrogens (primary N) is 4. The average molecular weight is 669 g/mol. The normalized spacial score (nSPS) is 12.4. The minimum atomic E-state index is -5.04. The predicted molar refractivity (Wildman–Crippen MR) is 157 cm³/mol. The van der Waals surface area contributed by atoms with Gasteiger partial charge in [-0.15, -0.1) is 0 Å². The highest BCUT2D eigenvalue weighted by Gasteiger charge is 2.38. The number of hydrogen-bond acceptors (Lipinski definition) is 10. The van der Waals surface area contributed by atoms with Gasteiger partial charge in [0.05, 0.1) is 56.4 Å². The molecule has 0 aliphatic carbocycles. The van der Waals surface area contributed by atoms with E-state index in [9.17, 15) is 50.9 Å². The lowest BCUT2D eigenvalue weighted by Crippen LogP contribution is -2.31. The monoisotopic (exact) mass is 668 g/mol. The van der Waals surface area contributed by atoms with E-state index in [2.05, 4.69) is 10.3 Å². The lowest BCUT2D eigenvalue weighted by molar-refractivity contribution is -0.137. The van der Waals surface area contributed by atoms with E-state index in [0.717, 1.165) is 36.4 Å². The highest BCUT2D eigenvalue weighted by molar-refractivity contribution is 5.98. The van der Waals surface area contributed by atoms with Crippen LogP contribution < -0.4 is 38.5 Å². The topological polar surface area (TPSA) is 227 Å². The van der Waals surface area contributed by atoms with Crippen molar-refractivity contribution in [1.82, 2.24) is 10.3 Å². The van der Waals surface area contributed by atoms with Crippen LogP contribution in [0.2, 0.25) is 0 Å². The maximum atomic E-state index is 13.7. The summed E-state index contributed by atoms with van der Waals surface area (Å²) in [6, 6.07) is 6.82. The van der Waals surface area contributed by atoms with Crippen LogP contribution in [0, 0.1) is 0 Å². The summed E-state index contributed by atoms with van der Waals surface area (Å²) in [4.78, 5) is 40.2. The Morgan fingerprint density at radius 2 is 1.17 bits per heavy atom. The molecule has 0 saturated carbocycles. The number of halogens is 6. The van der Waals surface area contributed by atoms with Gasteiger partial charge in [-0.3, -0.25) is 14.8 Å². The van der Waals surface area contributed by atoms with Crippen LogP contribution in [0.15, 0.2) is 60.9 Å². The molecular weight excluding hydrogens is 642 g/mol. The SMILES string of the molecule is CCNC(=O)c1cc(/C(N)=C/N(N)c2c(C(=O)O)cccc2C(F)(F)F)nc(/C(N)=C/N(N)c2c(C(=O)O)cccc2C(F)(F)F)c1. The minimum Gasteiger partial charge on any atom is -0.478 e. The first-order valence-electron chi connectivity index (χ1n) is 13.0. The van der Waals surface area contributed by atoms with Crippen molar-refractivity contribution in [2.24, 2.45) is 23.2 Å². The summed E-state index contributed by atoms with van der Waals surface area (Å²) in [5.74, 6) is 7.47. The van der Waals surface area contributed by atoms with E-state index in [4.69, 9.17) is 23.2 Å². The Morgan fingerprint density at radius 1 is 0.787 bits per heavy atom. The number of carboxylic acid groups (broad SMARTS) is 2. The van der Waals surface area contributed by atoms with Crippen molar-refractivity contribution < 1.29 is 50.9 Å². The van der Waals surface area contributed by atoms with Crippen LogP contribution in [0.3, 0.4) is 0 Å². The summed E-state index contributed by atoms with van der Waals surface area (Å²) in [7, 11) is 0. The van der Waals surface area contributed by atoms with Gasteiger partial charge in [-0.1, -0.05) is 12.1 Å². The van der Waals surface area contributed by atoms with Gasteiger partial charge in [-0.25, -0.2) is 26.3 Å². The Labute approximate surface area is 261 Å². The summed E-state index contributed by atoms with van der Waals surface area (Å²) >= 11 is 0. The predicted octanol–water partition coefficient (Wildman–Crippen LogP) is 3.54. The molecule has 0 fully saturated rings. The number of nitrogens with one attached hydrogen (secondary N) is 1. The van der Waals surface area contributed by atoms with E-state index in [0.29, 0.717) is 34.6 Å². The van der Waals surface area contributed by atoms with Crippen LogP contribution >= 0.6 is 0 Å². The third kappa shape index (κ3) is 8.07. The van der Waals surface area contributed by atoms with Crippen molar-refractivity contribution in [1.29, 1.82) is 0 Å². The number of aromatic nitrogens is 1. The van der Waals surface area contributed by atoms with E-state index >= 15 is 0 Å². The van der Waals surface area contributed by atoms with E-state index < -0.39 is 75.2 Å². The van der Waals surface area contributed by atoms with Crippen molar-refractivity contribution >= 4 is 40.6 Å². The molecule has 0 aliphatic heterocycles. The van der Waals surface area contributed by atoms with Crippen LogP contribution in [-0.2, 0) is 12.4 Å². The lowest BCUT2D eigenvalue weighted by atomic mass is 10.1. The second kappa shape index (κ2) is 13.7. The molecule has 19 heteroatoms. The van der Waals surface area contributed by atoms with Gasteiger partial charge in [0.2, 0.25) is 0 Å². The molecular formula is C28H26F6N8O5. The molecule has 13 nitrogen and oxygen atoms in total. The number of carboxylic acids is 2. The highest BCUT2D eigenvalue weighted by Crippen LogP contribution is 2.39. The molecule has 0 unspecified atom stereocenters. The van der Waals surface area contributed by atoms with Crippen molar-refractivity contribution in [3.05, 3.63) is 100 Å². The van der Waals surface area contributed by atoms with Crippen LogP contribution in [0.25, 0.3) is 11.4 Å². The van der Waals surface area contributed by atoms with Crippen molar-refractivity contribution in [3.8, 4) is 0 Å². The number of alkyl halides is 6. The largest absolute Gasteiger partial charge is 0.478 e. The Bertz CT molecular complexity index is 1660. The first kappa shape index (κ1) is 35.7. The molecule has 1 amide bonds. The third-order valence-electron chi connectivity index (χ3n) is 6.23. The van der Waals surface area contributed by atoms with Crippen molar-refractivity contribution in [3.63, 3.8) is 0 Å². The highest BCUT2D eigenvalue weighted by atomic mass is 19.4. The third-order valence-corrected chi connectivity index (χ3v) is 6.23.